The average Bonchev–Trinajstić information content (AvgIpc) is 1.85. The zero-order chi connectivity index (χ0) is 8.43. The van der Waals surface area contributed by atoms with E-state index in [0.717, 1.165) is 9.13 Å². The molecular weight excluding hydrogens is 322 g/mol. The number of rotatable bonds is 1. The molecule has 0 aliphatic carbocycles. The van der Waals surface area contributed by atoms with Crippen LogP contribution >= 0.6 is 38.5 Å². The number of alkyl halides is 1. The smallest absolute Gasteiger partial charge is 0.124 e. The van der Waals surface area contributed by atoms with Crippen LogP contribution in [0.4, 0.5) is 4.39 Å². The van der Waals surface area contributed by atoms with Crippen molar-refractivity contribution in [1.29, 1.82) is 0 Å². The molecule has 0 spiro atoms. The Morgan fingerprint density at radius 1 is 1.55 bits per heavy atom. The van der Waals surface area contributed by atoms with Gasteiger partial charge in [-0.05, 0) is 47.2 Å². The number of hydrogen-bond acceptors (Lipinski definition) is 0. The monoisotopic (exact) mass is 328 g/mol. The molecule has 1 unspecified atom stereocenters. The standard InChI is InChI=1S/C8H7BrFI/c1-5(9)7-3-2-6(10)4-8(7)11/h2-5H,1H3. The summed E-state index contributed by atoms with van der Waals surface area (Å²) in [6.45, 7) is 2.02. The Kier molecular flexibility index (Phi) is 3.30. The maximum Gasteiger partial charge on any atom is 0.124 e. The second-order valence-electron chi connectivity index (χ2n) is 2.28. The first-order valence-electron chi connectivity index (χ1n) is 3.20. The van der Waals surface area contributed by atoms with Crippen molar-refractivity contribution in [3.8, 4) is 0 Å². The Hall–Kier alpha value is 0.360. The third kappa shape index (κ3) is 2.40. The lowest BCUT2D eigenvalue weighted by atomic mass is 10.2. The van der Waals surface area contributed by atoms with E-state index in [0.29, 0.717) is 0 Å². The van der Waals surface area contributed by atoms with Gasteiger partial charge in [0.25, 0.3) is 0 Å². The van der Waals surface area contributed by atoms with E-state index >= 15 is 0 Å². The molecule has 0 aliphatic heterocycles. The second-order valence-corrected chi connectivity index (χ2v) is 4.82. The van der Waals surface area contributed by atoms with Gasteiger partial charge in [-0.25, -0.2) is 4.39 Å². The molecule has 0 aromatic heterocycles. The zero-order valence-electron chi connectivity index (χ0n) is 5.94. The van der Waals surface area contributed by atoms with Crippen LogP contribution in [0.1, 0.15) is 17.3 Å². The van der Waals surface area contributed by atoms with E-state index in [1.807, 2.05) is 6.92 Å². The van der Waals surface area contributed by atoms with Gasteiger partial charge in [0, 0.05) is 8.40 Å². The van der Waals surface area contributed by atoms with Crippen LogP contribution in [0, 0.1) is 9.39 Å². The molecule has 1 aromatic rings. The second kappa shape index (κ2) is 3.85. The van der Waals surface area contributed by atoms with Crippen LogP contribution < -0.4 is 0 Å². The molecule has 0 fully saturated rings. The first-order chi connectivity index (χ1) is 5.11. The highest BCUT2D eigenvalue weighted by molar-refractivity contribution is 14.1. The van der Waals surface area contributed by atoms with Gasteiger partial charge in [-0.15, -0.1) is 0 Å². The summed E-state index contributed by atoms with van der Waals surface area (Å²) in [7, 11) is 0. The first-order valence-corrected chi connectivity index (χ1v) is 5.19. The average molecular weight is 329 g/mol. The molecule has 0 saturated heterocycles. The van der Waals surface area contributed by atoms with Crippen molar-refractivity contribution in [3.05, 3.63) is 33.1 Å². The molecule has 0 heterocycles. The van der Waals surface area contributed by atoms with Gasteiger partial charge < -0.3 is 0 Å². The maximum atomic E-state index is 12.6. The van der Waals surface area contributed by atoms with Gasteiger partial charge >= 0.3 is 0 Å². The summed E-state index contributed by atoms with van der Waals surface area (Å²) < 4.78 is 13.6. The van der Waals surface area contributed by atoms with Crippen molar-refractivity contribution in [3.63, 3.8) is 0 Å². The lowest BCUT2D eigenvalue weighted by Gasteiger charge is -2.05. The van der Waals surface area contributed by atoms with Crippen LogP contribution in [0.15, 0.2) is 18.2 Å². The normalized spacial score (nSPS) is 13.1. The molecule has 0 radical (unpaired) electrons. The van der Waals surface area contributed by atoms with Crippen molar-refractivity contribution < 1.29 is 4.39 Å². The lowest BCUT2D eigenvalue weighted by Crippen LogP contribution is -1.89. The van der Waals surface area contributed by atoms with Crippen molar-refractivity contribution in [1.82, 2.24) is 0 Å². The van der Waals surface area contributed by atoms with E-state index in [4.69, 9.17) is 0 Å². The van der Waals surface area contributed by atoms with E-state index < -0.39 is 0 Å². The molecule has 1 rings (SSSR count). The van der Waals surface area contributed by atoms with E-state index in [-0.39, 0.29) is 10.6 Å². The van der Waals surface area contributed by atoms with Crippen LogP contribution in [0.2, 0.25) is 0 Å². The quantitative estimate of drug-likeness (QED) is 0.542. The topological polar surface area (TPSA) is 0 Å². The highest BCUT2D eigenvalue weighted by Crippen LogP contribution is 2.26. The van der Waals surface area contributed by atoms with E-state index in [2.05, 4.69) is 38.5 Å². The Morgan fingerprint density at radius 3 is 2.64 bits per heavy atom. The minimum absolute atomic E-state index is 0.175. The van der Waals surface area contributed by atoms with Crippen LogP contribution in [0.5, 0.6) is 0 Å². The van der Waals surface area contributed by atoms with Gasteiger partial charge in [0.05, 0.1) is 0 Å². The highest BCUT2D eigenvalue weighted by atomic mass is 127. The van der Waals surface area contributed by atoms with Gasteiger partial charge in [-0.3, -0.25) is 0 Å². The Balaban J connectivity index is 3.09. The van der Waals surface area contributed by atoms with Gasteiger partial charge in [-0.2, -0.15) is 0 Å². The lowest BCUT2D eigenvalue weighted by molar-refractivity contribution is 0.626. The number of hydrogen-bond donors (Lipinski definition) is 0. The van der Waals surface area contributed by atoms with E-state index in [1.165, 1.54) is 12.1 Å². The molecule has 1 atom stereocenters. The summed E-state index contributed by atoms with van der Waals surface area (Å²) in [6.07, 6.45) is 0. The van der Waals surface area contributed by atoms with Crippen molar-refractivity contribution >= 4 is 38.5 Å². The molecule has 0 amide bonds. The molecule has 0 N–H and O–H groups in total. The predicted octanol–water partition coefficient (Wildman–Crippen LogP) is 3.89. The number of halogens is 3. The fourth-order valence-electron chi connectivity index (χ4n) is 0.824. The van der Waals surface area contributed by atoms with Gasteiger partial charge in [-0.1, -0.05) is 22.0 Å². The van der Waals surface area contributed by atoms with Gasteiger partial charge in [0.15, 0.2) is 0 Å². The third-order valence-corrected chi connectivity index (χ3v) is 2.82. The van der Waals surface area contributed by atoms with Crippen LogP contribution in [-0.2, 0) is 0 Å². The van der Waals surface area contributed by atoms with Crippen molar-refractivity contribution in [2.24, 2.45) is 0 Å². The summed E-state index contributed by atoms with van der Waals surface area (Å²) in [5.74, 6) is -0.175. The third-order valence-electron chi connectivity index (χ3n) is 1.39. The minimum atomic E-state index is -0.175. The Bertz CT molecular complexity index is 260. The Morgan fingerprint density at radius 2 is 2.18 bits per heavy atom. The van der Waals surface area contributed by atoms with Crippen LogP contribution in [0.25, 0.3) is 0 Å². The van der Waals surface area contributed by atoms with Crippen molar-refractivity contribution in [2.45, 2.75) is 11.8 Å². The molecule has 3 heteroatoms. The minimum Gasteiger partial charge on any atom is -0.207 e. The highest BCUT2D eigenvalue weighted by Gasteiger charge is 2.05. The molecule has 0 aliphatic rings. The van der Waals surface area contributed by atoms with Gasteiger partial charge in [0.2, 0.25) is 0 Å². The first kappa shape index (κ1) is 9.45. The van der Waals surface area contributed by atoms with Gasteiger partial charge in [0.1, 0.15) is 5.82 Å². The van der Waals surface area contributed by atoms with Crippen molar-refractivity contribution in [2.75, 3.05) is 0 Å². The summed E-state index contributed by atoms with van der Waals surface area (Å²) in [5, 5.41) is 0. The molecule has 0 bridgehead atoms. The van der Waals surface area contributed by atoms with Crippen LogP contribution in [-0.4, -0.2) is 0 Å². The fraction of sp³-hybridized carbons (Fsp3) is 0.250. The fourth-order valence-corrected chi connectivity index (χ4v) is 2.60. The molecule has 1 aromatic carbocycles. The van der Waals surface area contributed by atoms with E-state index in [1.54, 1.807) is 6.07 Å². The zero-order valence-corrected chi connectivity index (χ0v) is 9.69. The largest absolute Gasteiger partial charge is 0.207 e. The predicted molar refractivity (Wildman–Crippen MR) is 56.5 cm³/mol. The molecule has 0 saturated carbocycles. The Labute approximate surface area is 87.5 Å². The molecule has 0 nitrogen and oxygen atoms in total. The van der Waals surface area contributed by atoms with E-state index in [9.17, 15) is 4.39 Å². The molecule has 60 valence electrons. The summed E-state index contributed by atoms with van der Waals surface area (Å²) >= 11 is 5.56. The molecule has 11 heavy (non-hydrogen) atoms. The van der Waals surface area contributed by atoms with Crippen LogP contribution in [0.3, 0.4) is 0 Å². The summed E-state index contributed by atoms with van der Waals surface area (Å²) in [6, 6.07) is 4.82. The summed E-state index contributed by atoms with van der Waals surface area (Å²) in [5.41, 5.74) is 1.13. The number of benzene rings is 1. The molecular formula is C8H7BrFI. The SMILES string of the molecule is CC(Br)c1ccc(F)cc1I. The maximum absolute atomic E-state index is 12.6. The summed E-state index contributed by atoms with van der Waals surface area (Å²) in [4.78, 5) is 0.287.